The zero-order chi connectivity index (χ0) is 21.9. The van der Waals surface area contributed by atoms with Crippen molar-refractivity contribution >= 4 is 11.6 Å². The number of anilines is 2. The Morgan fingerprint density at radius 1 is 1.06 bits per heavy atom. The van der Waals surface area contributed by atoms with Crippen molar-refractivity contribution < 1.29 is 5.11 Å². The minimum atomic E-state index is -0.509. The van der Waals surface area contributed by atoms with Gasteiger partial charge in [0.2, 0.25) is 0 Å². The van der Waals surface area contributed by atoms with Crippen LogP contribution in [0.2, 0.25) is 0 Å². The molecular weight excluding hydrogens is 410 g/mol. The summed E-state index contributed by atoms with van der Waals surface area (Å²) in [4.78, 5) is 27.5. The van der Waals surface area contributed by atoms with Crippen molar-refractivity contribution in [3.8, 4) is 5.82 Å². The molecule has 3 atom stereocenters. The molecule has 1 aliphatic carbocycles. The molecule has 0 bridgehead atoms. The first-order valence-corrected chi connectivity index (χ1v) is 11.1. The highest BCUT2D eigenvalue weighted by Gasteiger charge is 2.30. The molecule has 11 heteroatoms. The molecule has 2 N–H and O–H groups in total. The highest BCUT2D eigenvalue weighted by molar-refractivity contribution is 5.41. The smallest absolute Gasteiger partial charge is 0.267 e. The minimum Gasteiger partial charge on any atom is -0.391 e. The molecule has 1 saturated carbocycles. The molecule has 2 fully saturated rings. The lowest BCUT2D eigenvalue weighted by Gasteiger charge is -2.37. The van der Waals surface area contributed by atoms with E-state index in [0.717, 1.165) is 44.5 Å². The second-order valence-corrected chi connectivity index (χ2v) is 8.37. The van der Waals surface area contributed by atoms with E-state index < -0.39 is 6.10 Å². The van der Waals surface area contributed by atoms with E-state index in [1.807, 2.05) is 0 Å². The van der Waals surface area contributed by atoms with Gasteiger partial charge in [0, 0.05) is 25.2 Å². The Hall–Kier alpha value is -3.34. The molecule has 0 amide bonds. The van der Waals surface area contributed by atoms with Crippen molar-refractivity contribution in [1.82, 2.24) is 34.5 Å². The van der Waals surface area contributed by atoms with Crippen LogP contribution in [0.5, 0.6) is 0 Å². The molecule has 2 aliphatic rings. The first-order chi connectivity index (χ1) is 15.7. The summed E-state index contributed by atoms with van der Waals surface area (Å²) in [6, 6.07) is 3.33. The van der Waals surface area contributed by atoms with Crippen LogP contribution in [0.15, 0.2) is 42.0 Å². The summed E-state index contributed by atoms with van der Waals surface area (Å²) in [5.41, 5.74) is -0.161. The fourth-order valence-electron chi connectivity index (χ4n) is 4.63. The van der Waals surface area contributed by atoms with Crippen LogP contribution in [-0.2, 0) is 0 Å². The van der Waals surface area contributed by atoms with Gasteiger partial charge in [0.15, 0.2) is 5.82 Å². The largest absolute Gasteiger partial charge is 0.391 e. The van der Waals surface area contributed by atoms with Crippen LogP contribution >= 0.6 is 0 Å². The predicted octanol–water partition coefficient (Wildman–Crippen LogP) is 1.17. The number of aliphatic hydroxyl groups is 1. The van der Waals surface area contributed by atoms with E-state index in [1.54, 1.807) is 35.5 Å². The lowest BCUT2D eigenvalue weighted by Crippen LogP contribution is -2.45. The van der Waals surface area contributed by atoms with Crippen LogP contribution in [0.25, 0.3) is 5.82 Å². The Bertz CT molecular complexity index is 1100. The van der Waals surface area contributed by atoms with Gasteiger partial charge >= 0.3 is 0 Å². The first-order valence-electron chi connectivity index (χ1n) is 11.1. The molecule has 3 unspecified atom stereocenters. The number of hydrogen-bond acceptors (Lipinski definition) is 9. The standard InChI is InChI=1S/C21H27N9O2/c31-17-6-3-5-16(17)30-21(32)8-7-19(27-30)28-9-2-1-4-15(28)10-24-18-11-22-12-20(26-18)29-14-23-13-25-29/h7-8,11-17,31H,1-6,9-10H2,(H,24,26). The van der Waals surface area contributed by atoms with E-state index in [0.29, 0.717) is 24.6 Å². The first kappa shape index (κ1) is 20.6. The van der Waals surface area contributed by atoms with E-state index in [9.17, 15) is 9.90 Å². The molecule has 3 aromatic rings. The SMILES string of the molecule is O=c1ccc(N2CCCCC2CNc2cncc(-n3cncn3)n2)nn1C1CCCC1O. The van der Waals surface area contributed by atoms with E-state index in [2.05, 4.69) is 35.4 Å². The number of nitrogens with one attached hydrogen (secondary N) is 1. The Balaban J connectivity index is 1.33. The van der Waals surface area contributed by atoms with Crippen molar-refractivity contribution in [3.05, 3.63) is 47.5 Å². The Morgan fingerprint density at radius 2 is 2.00 bits per heavy atom. The van der Waals surface area contributed by atoms with Crippen LogP contribution in [-0.4, -0.2) is 64.9 Å². The lowest BCUT2D eigenvalue weighted by atomic mass is 10.0. The summed E-state index contributed by atoms with van der Waals surface area (Å²) < 4.78 is 3.05. The molecule has 3 aromatic heterocycles. The Labute approximate surface area is 185 Å². The third kappa shape index (κ3) is 4.20. The van der Waals surface area contributed by atoms with Gasteiger partial charge < -0.3 is 15.3 Å². The van der Waals surface area contributed by atoms with Crippen LogP contribution in [0.3, 0.4) is 0 Å². The van der Waals surface area contributed by atoms with Gasteiger partial charge in [-0.1, -0.05) is 0 Å². The highest BCUT2D eigenvalue weighted by Crippen LogP contribution is 2.29. The molecule has 5 rings (SSSR count). The summed E-state index contributed by atoms with van der Waals surface area (Å²) in [6.45, 7) is 1.54. The van der Waals surface area contributed by atoms with Crippen molar-refractivity contribution in [2.45, 2.75) is 56.7 Å². The topological polar surface area (TPSA) is 127 Å². The second kappa shape index (κ2) is 9.03. The van der Waals surface area contributed by atoms with Crippen molar-refractivity contribution in [3.63, 3.8) is 0 Å². The summed E-state index contributed by atoms with van der Waals surface area (Å²) in [6.07, 6.45) is 11.5. The normalized spacial score (nSPS) is 23.4. The number of nitrogens with zero attached hydrogens (tertiary/aromatic N) is 8. The molecule has 0 spiro atoms. The third-order valence-electron chi connectivity index (χ3n) is 6.28. The number of rotatable bonds is 6. The molecule has 1 saturated heterocycles. The van der Waals surface area contributed by atoms with Crippen LogP contribution < -0.4 is 15.8 Å². The molecule has 1 aliphatic heterocycles. The Kier molecular flexibility index (Phi) is 5.80. The summed E-state index contributed by atoms with van der Waals surface area (Å²) in [5, 5.41) is 22.4. The molecule has 11 nitrogen and oxygen atoms in total. The fourth-order valence-corrected chi connectivity index (χ4v) is 4.63. The van der Waals surface area contributed by atoms with Crippen LogP contribution in [0.1, 0.15) is 44.6 Å². The maximum absolute atomic E-state index is 12.4. The molecule has 0 aromatic carbocycles. The fraction of sp³-hybridized carbons (Fsp3) is 0.524. The Morgan fingerprint density at radius 3 is 2.81 bits per heavy atom. The van der Waals surface area contributed by atoms with E-state index in [1.165, 1.54) is 11.0 Å². The van der Waals surface area contributed by atoms with Crippen molar-refractivity contribution in [1.29, 1.82) is 0 Å². The lowest BCUT2D eigenvalue weighted by molar-refractivity contribution is 0.127. The maximum Gasteiger partial charge on any atom is 0.267 e. The number of piperidine rings is 1. The quantitative estimate of drug-likeness (QED) is 0.584. The van der Waals surface area contributed by atoms with Gasteiger partial charge in [0.1, 0.15) is 24.3 Å². The van der Waals surface area contributed by atoms with Gasteiger partial charge in [0.05, 0.1) is 24.5 Å². The van der Waals surface area contributed by atoms with E-state index in [4.69, 9.17) is 0 Å². The second-order valence-electron chi connectivity index (χ2n) is 8.37. The number of aromatic nitrogens is 7. The number of aliphatic hydroxyl groups excluding tert-OH is 1. The summed E-state index contributed by atoms with van der Waals surface area (Å²) in [5.74, 6) is 2.03. The van der Waals surface area contributed by atoms with Crippen LogP contribution in [0, 0.1) is 0 Å². The van der Waals surface area contributed by atoms with Crippen molar-refractivity contribution in [2.75, 3.05) is 23.3 Å². The van der Waals surface area contributed by atoms with Crippen LogP contribution in [0.4, 0.5) is 11.6 Å². The zero-order valence-corrected chi connectivity index (χ0v) is 17.8. The monoisotopic (exact) mass is 437 g/mol. The number of hydrogen-bond donors (Lipinski definition) is 2. The maximum atomic E-state index is 12.4. The average molecular weight is 438 g/mol. The van der Waals surface area contributed by atoms with Crippen molar-refractivity contribution in [2.24, 2.45) is 0 Å². The van der Waals surface area contributed by atoms with E-state index in [-0.39, 0.29) is 17.6 Å². The molecular formula is C21H27N9O2. The third-order valence-corrected chi connectivity index (χ3v) is 6.28. The van der Waals surface area contributed by atoms with Gasteiger partial charge in [-0.05, 0) is 44.6 Å². The highest BCUT2D eigenvalue weighted by atomic mass is 16.3. The van der Waals surface area contributed by atoms with Gasteiger partial charge in [-0.15, -0.1) is 0 Å². The minimum absolute atomic E-state index is 0.161. The average Bonchev–Trinajstić information content (AvgIpc) is 3.51. The summed E-state index contributed by atoms with van der Waals surface area (Å²) >= 11 is 0. The molecule has 32 heavy (non-hydrogen) atoms. The van der Waals surface area contributed by atoms with Gasteiger partial charge in [-0.3, -0.25) is 9.78 Å². The van der Waals surface area contributed by atoms with E-state index >= 15 is 0 Å². The zero-order valence-electron chi connectivity index (χ0n) is 17.8. The predicted molar refractivity (Wildman–Crippen MR) is 118 cm³/mol. The molecule has 4 heterocycles. The molecule has 168 valence electrons. The van der Waals surface area contributed by atoms with Gasteiger partial charge in [-0.25, -0.2) is 19.3 Å². The van der Waals surface area contributed by atoms with Gasteiger partial charge in [0.25, 0.3) is 5.56 Å². The summed E-state index contributed by atoms with van der Waals surface area (Å²) in [7, 11) is 0. The molecule has 0 radical (unpaired) electrons. The van der Waals surface area contributed by atoms with Gasteiger partial charge in [-0.2, -0.15) is 10.2 Å².